The van der Waals surface area contributed by atoms with Gasteiger partial charge in [-0.05, 0) is 31.7 Å². The van der Waals surface area contributed by atoms with Crippen molar-refractivity contribution in [1.82, 2.24) is 0 Å². The molecule has 7 nitrogen and oxygen atoms in total. The maximum Gasteiger partial charge on any atom is 0.306 e. The Morgan fingerprint density at radius 3 is 2.10 bits per heavy atom. The minimum atomic E-state index is -0.433. The van der Waals surface area contributed by atoms with Crippen LogP contribution in [0.5, 0.6) is 0 Å². The fraction of sp³-hybridized carbons (Fsp3) is 0.652. The zero-order valence-corrected chi connectivity index (χ0v) is 18.3. The highest BCUT2D eigenvalue weighted by Crippen LogP contribution is 2.20. The Morgan fingerprint density at radius 1 is 0.900 bits per heavy atom. The quantitative estimate of drug-likeness (QED) is 0.145. The topological polar surface area (TPSA) is 95.7 Å². The van der Waals surface area contributed by atoms with Crippen LogP contribution in [0.4, 0.5) is 5.69 Å². The predicted molar refractivity (Wildman–Crippen MR) is 115 cm³/mol. The number of nitro benzene ring substituents is 1. The molecule has 0 aromatic heterocycles. The van der Waals surface area contributed by atoms with Crippen molar-refractivity contribution in [3.05, 3.63) is 39.4 Å². The van der Waals surface area contributed by atoms with Crippen molar-refractivity contribution >= 4 is 17.6 Å². The van der Waals surface area contributed by atoms with Crippen LogP contribution < -0.4 is 0 Å². The summed E-state index contributed by atoms with van der Waals surface area (Å²) in [5, 5.41) is 11.0. The second kappa shape index (κ2) is 15.4. The van der Waals surface area contributed by atoms with Crippen molar-refractivity contribution in [3.63, 3.8) is 0 Å². The Balaban J connectivity index is 2.03. The molecule has 0 saturated heterocycles. The van der Waals surface area contributed by atoms with Crippen molar-refractivity contribution in [2.24, 2.45) is 0 Å². The lowest BCUT2D eigenvalue weighted by molar-refractivity contribution is -0.385. The van der Waals surface area contributed by atoms with E-state index in [1.165, 1.54) is 6.07 Å². The van der Waals surface area contributed by atoms with Crippen molar-refractivity contribution < 1.29 is 24.0 Å². The van der Waals surface area contributed by atoms with Crippen LogP contribution >= 0.6 is 0 Å². The summed E-state index contributed by atoms with van der Waals surface area (Å²) in [7, 11) is 0. The summed E-state index contributed by atoms with van der Waals surface area (Å²) in [5.41, 5.74) is 1.23. The van der Waals surface area contributed by atoms with Crippen molar-refractivity contribution in [2.45, 2.75) is 91.1 Å². The van der Waals surface area contributed by atoms with Gasteiger partial charge in [0.05, 0.1) is 11.5 Å². The lowest BCUT2D eigenvalue weighted by Gasteiger charge is -2.06. The number of esters is 2. The first-order valence-corrected chi connectivity index (χ1v) is 11.0. The van der Waals surface area contributed by atoms with E-state index in [0.717, 1.165) is 57.8 Å². The molecule has 7 heteroatoms. The van der Waals surface area contributed by atoms with Gasteiger partial charge in [0.15, 0.2) is 0 Å². The summed E-state index contributed by atoms with van der Waals surface area (Å²) in [6.45, 7) is 4.37. The van der Waals surface area contributed by atoms with Crippen LogP contribution in [0, 0.1) is 17.0 Å². The molecular weight excluding hydrogens is 386 g/mol. The van der Waals surface area contributed by atoms with E-state index in [2.05, 4.69) is 6.92 Å². The Kier molecular flexibility index (Phi) is 13.1. The standard InChI is InChI=1S/C23H35NO6/c1-3-4-11-16-29-22(25)12-9-7-5-6-8-10-13-23(26)30-18-20-15-14-19(2)21(17-20)24(27)28/h14-15,17H,3-13,16,18H2,1-2H3. The van der Waals surface area contributed by atoms with E-state index >= 15 is 0 Å². The Hall–Kier alpha value is -2.44. The van der Waals surface area contributed by atoms with Crippen LogP contribution in [0.1, 0.15) is 88.7 Å². The molecule has 0 heterocycles. The first kappa shape index (κ1) is 25.6. The van der Waals surface area contributed by atoms with Gasteiger partial charge in [-0.2, -0.15) is 0 Å². The lowest BCUT2D eigenvalue weighted by Crippen LogP contribution is -2.05. The zero-order chi connectivity index (χ0) is 22.2. The number of nitrogens with zero attached hydrogens (tertiary/aromatic N) is 1. The minimum Gasteiger partial charge on any atom is -0.466 e. The third-order valence-corrected chi connectivity index (χ3v) is 4.89. The largest absolute Gasteiger partial charge is 0.466 e. The normalized spacial score (nSPS) is 10.6. The van der Waals surface area contributed by atoms with Crippen LogP contribution in [-0.2, 0) is 25.7 Å². The van der Waals surface area contributed by atoms with Crippen molar-refractivity contribution in [3.8, 4) is 0 Å². The van der Waals surface area contributed by atoms with E-state index < -0.39 is 4.92 Å². The number of carbonyl (C=O) groups excluding carboxylic acids is 2. The first-order valence-electron chi connectivity index (χ1n) is 11.0. The summed E-state index contributed by atoms with van der Waals surface area (Å²) in [6, 6.07) is 4.84. The van der Waals surface area contributed by atoms with Gasteiger partial charge in [0.25, 0.3) is 5.69 Å². The number of aryl methyl sites for hydroxylation is 1. The average molecular weight is 422 g/mol. The van der Waals surface area contributed by atoms with Gasteiger partial charge in [0.2, 0.25) is 0 Å². The summed E-state index contributed by atoms with van der Waals surface area (Å²) in [6.07, 6.45) is 9.55. The maximum atomic E-state index is 11.8. The van der Waals surface area contributed by atoms with Crippen LogP contribution in [0.25, 0.3) is 0 Å². The van der Waals surface area contributed by atoms with Gasteiger partial charge in [-0.25, -0.2) is 0 Å². The highest BCUT2D eigenvalue weighted by molar-refractivity contribution is 5.69. The van der Waals surface area contributed by atoms with Gasteiger partial charge in [-0.1, -0.05) is 57.6 Å². The molecule has 0 aliphatic rings. The van der Waals surface area contributed by atoms with Crippen molar-refractivity contribution in [1.29, 1.82) is 0 Å². The molecule has 1 aromatic rings. The Labute approximate surface area is 179 Å². The second-order valence-corrected chi connectivity index (χ2v) is 7.59. The van der Waals surface area contributed by atoms with E-state index in [4.69, 9.17) is 9.47 Å². The lowest BCUT2D eigenvalue weighted by atomic mass is 10.1. The number of hydrogen-bond acceptors (Lipinski definition) is 6. The molecular formula is C23H35NO6. The van der Waals surface area contributed by atoms with Gasteiger partial charge in [-0.3, -0.25) is 19.7 Å². The molecule has 0 fully saturated rings. The fourth-order valence-electron chi connectivity index (χ4n) is 3.03. The maximum absolute atomic E-state index is 11.8. The van der Waals surface area contributed by atoms with Crippen LogP contribution in [0.15, 0.2) is 18.2 Å². The van der Waals surface area contributed by atoms with Gasteiger partial charge in [0.1, 0.15) is 6.61 Å². The third-order valence-electron chi connectivity index (χ3n) is 4.89. The number of unbranched alkanes of at least 4 members (excludes halogenated alkanes) is 7. The van der Waals surface area contributed by atoms with Gasteiger partial charge < -0.3 is 9.47 Å². The first-order chi connectivity index (χ1) is 14.4. The number of ether oxygens (including phenoxy) is 2. The van der Waals surface area contributed by atoms with Crippen LogP contribution in [0.2, 0.25) is 0 Å². The number of hydrogen-bond donors (Lipinski definition) is 0. The van der Waals surface area contributed by atoms with E-state index in [1.807, 2.05) is 0 Å². The second-order valence-electron chi connectivity index (χ2n) is 7.59. The molecule has 0 aliphatic heterocycles. The Morgan fingerprint density at radius 2 is 1.50 bits per heavy atom. The number of carbonyl (C=O) groups is 2. The van der Waals surface area contributed by atoms with E-state index in [1.54, 1.807) is 19.1 Å². The highest BCUT2D eigenvalue weighted by atomic mass is 16.6. The molecule has 0 unspecified atom stereocenters. The smallest absolute Gasteiger partial charge is 0.306 e. The van der Waals surface area contributed by atoms with Crippen molar-refractivity contribution in [2.75, 3.05) is 6.61 Å². The van der Waals surface area contributed by atoms with Gasteiger partial charge in [-0.15, -0.1) is 0 Å². The molecule has 0 N–H and O–H groups in total. The van der Waals surface area contributed by atoms with E-state index in [0.29, 0.717) is 30.6 Å². The van der Waals surface area contributed by atoms with E-state index in [-0.39, 0.29) is 24.2 Å². The SMILES string of the molecule is CCCCCOC(=O)CCCCCCCCC(=O)OCc1ccc(C)c([N+](=O)[O-])c1. The van der Waals surface area contributed by atoms with E-state index in [9.17, 15) is 19.7 Å². The van der Waals surface area contributed by atoms with Gasteiger partial charge in [0, 0.05) is 24.5 Å². The molecule has 0 saturated carbocycles. The third kappa shape index (κ3) is 11.5. The molecule has 0 aliphatic carbocycles. The molecule has 0 radical (unpaired) electrons. The molecule has 30 heavy (non-hydrogen) atoms. The minimum absolute atomic E-state index is 0.0355. The summed E-state index contributed by atoms with van der Waals surface area (Å²) >= 11 is 0. The van der Waals surface area contributed by atoms with Gasteiger partial charge >= 0.3 is 11.9 Å². The monoisotopic (exact) mass is 421 g/mol. The predicted octanol–water partition coefficient (Wildman–Crippen LogP) is 5.80. The number of benzene rings is 1. The fourth-order valence-corrected chi connectivity index (χ4v) is 3.03. The number of nitro groups is 1. The molecule has 0 bridgehead atoms. The molecule has 0 atom stereocenters. The summed E-state index contributed by atoms with van der Waals surface area (Å²) < 4.78 is 10.4. The molecule has 0 spiro atoms. The molecule has 1 aromatic carbocycles. The number of rotatable bonds is 16. The molecule has 1 rings (SSSR count). The highest BCUT2D eigenvalue weighted by Gasteiger charge is 2.12. The van der Waals surface area contributed by atoms with Crippen LogP contribution in [0.3, 0.4) is 0 Å². The summed E-state index contributed by atoms with van der Waals surface area (Å²) in [4.78, 5) is 33.9. The Bertz CT molecular complexity index is 674. The molecule has 0 amide bonds. The summed E-state index contributed by atoms with van der Waals surface area (Å²) in [5.74, 6) is -0.392. The zero-order valence-electron chi connectivity index (χ0n) is 18.3. The molecule has 168 valence electrons. The average Bonchev–Trinajstić information content (AvgIpc) is 2.72. The van der Waals surface area contributed by atoms with Crippen LogP contribution in [-0.4, -0.2) is 23.5 Å².